The van der Waals surface area contributed by atoms with Crippen LogP contribution in [0.15, 0.2) is 18.2 Å². The van der Waals surface area contributed by atoms with Crippen molar-refractivity contribution in [1.29, 1.82) is 0 Å². The van der Waals surface area contributed by atoms with Gasteiger partial charge in [-0.2, -0.15) is 0 Å². The normalized spacial score (nSPS) is 26.2. The number of hydrogen-bond donors (Lipinski definition) is 3. The van der Waals surface area contributed by atoms with E-state index in [-0.39, 0.29) is 36.3 Å². The van der Waals surface area contributed by atoms with E-state index in [1.165, 1.54) is 0 Å². The molecule has 1 aromatic rings. The van der Waals surface area contributed by atoms with Crippen LogP contribution in [0.1, 0.15) is 41.3 Å². The van der Waals surface area contributed by atoms with E-state index in [1.807, 2.05) is 18.2 Å². The summed E-state index contributed by atoms with van der Waals surface area (Å²) < 4.78 is 5.78. The molecular formula is C20H26N4O4. The molecule has 3 atom stereocenters. The van der Waals surface area contributed by atoms with Gasteiger partial charge in [-0.1, -0.05) is 12.1 Å². The number of imide groups is 1. The summed E-state index contributed by atoms with van der Waals surface area (Å²) >= 11 is 0. The molecule has 2 fully saturated rings. The van der Waals surface area contributed by atoms with Gasteiger partial charge in [0.05, 0.1) is 12.7 Å². The van der Waals surface area contributed by atoms with E-state index < -0.39 is 6.04 Å². The summed E-state index contributed by atoms with van der Waals surface area (Å²) in [6, 6.07) is 5.45. The van der Waals surface area contributed by atoms with Crippen LogP contribution >= 0.6 is 0 Å². The molecule has 28 heavy (non-hydrogen) atoms. The topological polar surface area (TPSA) is 99.8 Å². The Morgan fingerprint density at radius 3 is 2.93 bits per heavy atom. The van der Waals surface area contributed by atoms with E-state index >= 15 is 0 Å². The van der Waals surface area contributed by atoms with Gasteiger partial charge in [0, 0.05) is 44.2 Å². The van der Waals surface area contributed by atoms with Gasteiger partial charge in [0.15, 0.2) is 0 Å². The lowest BCUT2D eigenvalue weighted by molar-refractivity contribution is -0.136. The number of rotatable bonds is 5. The molecular weight excluding hydrogens is 360 g/mol. The first kappa shape index (κ1) is 19.0. The summed E-state index contributed by atoms with van der Waals surface area (Å²) in [4.78, 5) is 37.8. The first-order valence-corrected chi connectivity index (χ1v) is 9.85. The lowest BCUT2D eigenvalue weighted by atomic mass is 10.0. The molecule has 0 radical (unpaired) electrons. The minimum Gasteiger partial charge on any atom is -0.374 e. The van der Waals surface area contributed by atoms with Crippen LogP contribution in [-0.4, -0.2) is 60.5 Å². The molecule has 0 saturated carbocycles. The summed E-state index contributed by atoms with van der Waals surface area (Å²) in [7, 11) is 0. The van der Waals surface area contributed by atoms with Crippen LogP contribution in [0.4, 0.5) is 0 Å². The molecule has 3 unspecified atom stereocenters. The monoisotopic (exact) mass is 386 g/mol. The van der Waals surface area contributed by atoms with E-state index in [1.54, 1.807) is 4.90 Å². The molecule has 0 spiro atoms. The number of fused-ring (bicyclic) bond motifs is 1. The molecule has 4 rings (SSSR count). The number of hydrogen-bond acceptors (Lipinski definition) is 6. The largest absolute Gasteiger partial charge is 0.374 e. The van der Waals surface area contributed by atoms with Gasteiger partial charge in [-0.25, -0.2) is 0 Å². The average Bonchev–Trinajstić information content (AvgIpc) is 3.02. The van der Waals surface area contributed by atoms with Gasteiger partial charge in [-0.05, 0) is 30.5 Å². The Bertz CT molecular complexity index is 790. The third-order valence-electron chi connectivity index (χ3n) is 5.73. The number of morpholine rings is 1. The third-order valence-corrected chi connectivity index (χ3v) is 5.73. The second kappa shape index (κ2) is 7.98. The Kier molecular flexibility index (Phi) is 5.43. The highest BCUT2D eigenvalue weighted by molar-refractivity contribution is 6.05. The molecule has 0 bridgehead atoms. The maximum atomic E-state index is 12.7. The van der Waals surface area contributed by atoms with Crippen LogP contribution in [0.2, 0.25) is 0 Å². The molecule has 0 aliphatic carbocycles. The number of ether oxygens (including phenoxy) is 1. The van der Waals surface area contributed by atoms with Crippen molar-refractivity contribution < 1.29 is 19.1 Å². The molecule has 3 N–H and O–H groups in total. The predicted molar refractivity (Wildman–Crippen MR) is 101 cm³/mol. The van der Waals surface area contributed by atoms with E-state index in [9.17, 15) is 14.4 Å². The van der Waals surface area contributed by atoms with Gasteiger partial charge < -0.3 is 20.3 Å². The van der Waals surface area contributed by atoms with Gasteiger partial charge in [-0.3, -0.25) is 19.7 Å². The minimum absolute atomic E-state index is 0.140. The molecule has 3 aliphatic rings. The number of amides is 3. The van der Waals surface area contributed by atoms with Gasteiger partial charge in [0.1, 0.15) is 6.04 Å². The highest BCUT2D eigenvalue weighted by Crippen LogP contribution is 2.28. The van der Waals surface area contributed by atoms with Crippen molar-refractivity contribution in [2.75, 3.05) is 19.7 Å². The minimum atomic E-state index is -0.574. The maximum absolute atomic E-state index is 12.7. The number of benzene rings is 1. The summed E-state index contributed by atoms with van der Waals surface area (Å²) in [6.07, 6.45) is 0.792. The van der Waals surface area contributed by atoms with Crippen LogP contribution < -0.4 is 16.0 Å². The van der Waals surface area contributed by atoms with Crippen LogP contribution in [0.5, 0.6) is 0 Å². The Morgan fingerprint density at radius 2 is 2.18 bits per heavy atom. The molecule has 3 aliphatic heterocycles. The van der Waals surface area contributed by atoms with E-state index in [0.717, 1.165) is 30.8 Å². The molecule has 150 valence electrons. The summed E-state index contributed by atoms with van der Waals surface area (Å²) in [5, 5.41) is 9.16. The molecule has 8 heteroatoms. The molecule has 3 amide bonds. The predicted octanol–water partition coefficient (Wildman–Crippen LogP) is -0.0859. The fourth-order valence-corrected chi connectivity index (χ4v) is 4.05. The van der Waals surface area contributed by atoms with Gasteiger partial charge in [-0.15, -0.1) is 0 Å². The second-order valence-corrected chi connectivity index (χ2v) is 7.67. The summed E-state index contributed by atoms with van der Waals surface area (Å²) in [6.45, 7) is 5.66. The van der Waals surface area contributed by atoms with Crippen molar-refractivity contribution in [2.45, 2.75) is 51.0 Å². The van der Waals surface area contributed by atoms with E-state index in [2.05, 4.69) is 22.9 Å². The summed E-state index contributed by atoms with van der Waals surface area (Å²) in [5.74, 6) is -0.793. The molecule has 0 aromatic heterocycles. The van der Waals surface area contributed by atoms with Crippen molar-refractivity contribution in [3.05, 3.63) is 34.9 Å². The van der Waals surface area contributed by atoms with Crippen molar-refractivity contribution in [2.24, 2.45) is 0 Å². The number of nitrogens with one attached hydrogen (secondary N) is 3. The Morgan fingerprint density at radius 1 is 1.32 bits per heavy atom. The van der Waals surface area contributed by atoms with Gasteiger partial charge >= 0.3 is 0 Å². The van der Waals surface area contributed by atoms with Crippen LogP contribution in [-0.2, 0) is 27.4 Å². The van der Waals surface area contributed by atoms with Crippen molar-refractivity contribution >= 4 is 17.7 Å². The average molecular weight is 386 g/mol. The van der Waals surface area contributed by atoms with Crippen molar-refractivity contribution in [3.8, 4) is 0 Å². The van der Waals surface area contributed by atoms with Crippen molar-refractivity contribution in [3.63, 3.8) is 0 Å². The summed E-state index contributed by atoms with van der Waals surface area (Å²) in [5.41, 5.74) is 2.66. The molecule has 2 saturated heterocycles. The lowest BCUT2D eigenvalue weighted by Crippen LogP contribution is -2.52. The molecule has 8 nitrogen and oxygen atoms in total. The Hall–Kier alpha value is -2.29. The number of carbonyl (C=O) groups is 3. The molecule has 1 aromatic carbocycles. The zero-order chi connectivity index (χ0) is 19.7. The standard InChI is InChI=1S/C20H26N4O4/c1-12(17-10-21-6-7-28-17)22-9-13-2-3-15-14(8-13)11-24(20(15)27)16-4-5-18(25)23-19(16)26/h2-3,8,12,16-17,21-22H,4-7,9-11H2,1H3,(H,23,25,26). The number of carbonyl (C=O) groups excluding carboxylic acids is 3. The van der Waals surface area contributed by atoms with E-state index in [0.29, 0.717) is 25.1 Å². The zero-order valence-corrected chi connectivity index (χ0v) is 16.0. The lowest BCUT2D eigenvalue weighted by Gasteiger charge is -2.29. The highest BCUT2D eigenvalue weighted by Gasteiger charge is 2.39. The van der Waals surface area contributed by atoms with Crippen molar-refractivity contribution in [1.82, 2.24) is 20.9 Å². The Balaban J connectivity index is 1.39. The maximum Gasteiger partial charge on any atom is 0.255 e. The first-order valence-electron chi connectivity index (χ1n) is 9.85. The van der Waals surface area contributed by atoms with E-state index in [4.69, 9.17) is 4.74 Å². The quantitative estimate of drug-likeness (QED) is 0.612. The van der Waals surface area contributed by atoms with Crippen LogP contribution in [0.25, 0.3) is 0 Å². The number of nitrogens with zero attached hydrogens (tertiary/aromatic N) is 1. The second-order valence-electron chi connectivity index (χ2n) is 7.67. The van der Waals surface area contributed by atoms with Gasteiger partial charge in [0.2, 0.25) is 11.8 Å². The highest BCUT2D eigenvalue weighted by atomic mass is 16.5. The third kappa shape index (κ3) is 3.80. The molecule has 3 heterocycles. The van der Waals surface area contributed by atoms with Gasteiger partial charge in [0.25, 0.3) is 5.91 Å². The smallest absolute Gasteiger partial charge is 0.255 e. The fraction of sp³-hybridized carbons (Fsp3) is 0.550. The van der Waals surface area contributed by atoms with Crippen LogP contribution in [0, 0.1) is 0 Å². The zero-order valence-electron chi connectivity index (χ0n) is 16.0. The number of piperidine rings is 1. The Labute approximate surface area is 164 Å². The SMILES string of the molecule is CC(NCc1ccc2c(c1)CN(C1CCC(=O)NC1=O)C2=O)C1CNCCO1. The van der Waals surface area contributed by atoms with Crippen LogP contribution in [0.3, 0.4) is 0 Å². The first-order chi connectivity index (χ1) is 13.5. The fourth-order valence-electron chi connectivity index (χ4n) is 4.05.